The molecule has 1 aromatic rings. The number of allylic oxidation sites excluding steroid dienone is 1. The van der Waals surface area contributed by atoms with Crippen LogP contribution in [-0.2, 0) is 9.31 Å². The Morgan fingerprint density at radius 1 is 1.15 bits per heavy atom. The van der Waals surface area contributed by atoms with Crippen LogP contribution in [-0.4, -0.2) is 18.3 Å². The molecule has 0 spiro atoms. The molecule has 5 heteroatoms. The summed E-state index contributed by atoms with van der Waals surface area (Å²) in [5.74, 6) is 0. The van der Waals surface area contributed by atoms with E-state index < -0.39 is 24.0 Å². The molecule has 0 radical (unpaired) electrons. The summed E-state index contributed by atoms with van der Waals surface area (Å²) in [7, 11) is -0.973. The third kappa shape index (κ3) is 2.78. The zero-order valence-electron chi connectivity index (χ0n) is 12.5. The predicted molar refractivity (Wildman–Crippen MR) is 81.2 cm³/mol. The van der Waals surface area contributed by atoms with Crippen molar-refractivity contribution in [2.45, 2.75) is 45.8 Å². The third-order valence-corrected chi connectivity index (χ3v) is 4.31. The van der Waals surface area contributed by atoms with E-state index in [4.69, 9.17) is 20.9 Å². The molecule has 108 valence electrons. The molecule has 1 aliphatic rings. The first kappa shape index (κ1) is 15.6. The van der Waals surface area contributed by atoms with E-state index in [1.54, 1.807) is 25.1 Å². The minimum atomic E-state index is -0.973. The van der Waals surface area contributed by atoms with E-state index in [0.29, 0.717) is 10.6 Å². The van der Waals surface area contributed by atoms with Gasteiger partial charge < -0.3 is 9.31 Å². The molecule has 1 aliphatic heterocycles. The van der Waals surface area contributed by atoms with Crippen LogP contribution in [0.1, 0.15) is 40.2 Å². The second-order valence-electron chi connectivity index (χ2n) is 6.07. The lowest BCUT2D eigenvalue weighted by molar-refractivity contribution is 0.00578. The van der Waals surface area contributed by atoms with Crippen molar-refractivity contribution in [2.24, 2.45) is 0 Å². The summed E-state index contributed by atoms with van der Waals surface area (Å²) in [5.41, 5.74) is -0.311. The minimum absolute atomic E-state index is 0.411. The molecule has 0 bridgehead atoms. The van der Waals surface area contributed by atoms with E-state index >= 15 is 0 Å². The lowest BCUT2D eigenvalue weighted by Gasteiger charge is -2.32. The average molecular weight is 297 g/mol. The van der Waals surface area contributed by atoms with E-state index in [-0.39, 0.29) is 0 Å². The highest BCUT2D eigenvalue weighted by atomic mass is 35.5. The summed E-state index contributed by atoms with van der Waals surface area (Å²) >= 11 is 5.94. The van der Waals surface area contributed by atoms with Crippen molar-refractivity contribution in [2.75, 3.05) is 0 Å². The van der Waals surface area contributed by atoms with Gasteiger partial charge in [-0.1, -0.05) is 23.7 Å². The number of hydrogen-bond acceptors (Lipinski definition) is 2. The smallest absolute Gasteiger partial charge is 0.398 e. The molecule has 0 unspecified atom stereocenters. The van der Waals surface area contributed by atoms with Gasteiger partial charge in [-0.05, 0) is 57.9 Å². The molecule has 2 rings (SSSR count). The maximum atomic E-state index is 14.6. The number of benzene rings is 1. The van der Waals surface area contributed by atoms with E-state index in [9.17, 15) is 4.39 Å². The molecular formula is C15H19BClFO2. The van der Waals surface area contributed by atoms with Crippen LogP contribution in [0.5, 0.6) is 0 Å². The topological polar surface area (TPSA) is 18.5 Å². The Balaban J connectivity index is 2.32. The Kier molecular flexibility index (Phi) is 4.02. The van der Waals surface area contributed by atoms with Crippen LogP contribution in [0.15, 0.2) is 30.0 Å². The van der Waals surface area contributed by atoms with Gasteiger partial charge in [0.1, 0.15) is 5.73 Å². The van der Waals surface area contributed by atoms with Crippen molar-refractivity contribution < 1.29 is 13.7 Å². The molecule has 1 fully saturated rings. The third-order valence-electron chi connectivity index (χ3n) is 4.08. The van der Waals surface area contributed by atoms with E-state index in [2.05, 4.69) is 0 Å². The van der Waals surface area contributed by atoms with Crippen molar-refractivity contribution in [1.29, 1.82) is 0 Å². The molecule has 2 nitrogen and oxygen atoms in total. The fourth-order valence-corrected chi connectivity index (χ4v) is 2.17. The van der Waals surface area contributed by atoms with Gasteiger partial charge in [0.05, 0.1) is 11.2 Å². The SMILES string of the molecule is CC(=C(F)B1OC(C)(C)C(C)(C)O1)c1cccc(Cl)c1. The Morgan fingerprint density at radius 3 is 2.20 bits per heavy atom. The molecule has 0 aromatic heterocycles. The molecule has 20 heavy (non-hydrogen) atoms. The molecule has 0 N–H and O–H groups in total. The summed E-state index contributed by atoms with van der Waals surface area (Å²) < 4.78 is 26.0. The summed E-state index contributed by atoms with van der Waals surface area (Å²) in [6, 6.07) is 7.08. The van der Waals surface area contributed by atoms with Crippen molar-refractivity contribution in [3.05, 3.63) is 40.6 Å². The van der Waals surface area contributed by atoms with Crippen molar-refractivity contribution in [3.63, 3.8) is 0 Å². The van der Waals surface area contributed by atoms with Gasteiger partial charge in [0.2, 0.25) is 0 Å². The highest BCUT2D eigenvalue weighted by Crippen LogP contribution is 2.40. The second kappa shape index (κ2) is 5.17. The lowest BCUT2D eigenvalue weighted by atomic mass is 9.83. The van der Waals surface area contributed by atoms with Crippen LogP contribution < -0.4 is 0 Å². The fraction of sp³-hybridized carbons (Fsp3) is 0.467. The monoisotopic (exact) mass is 296 g/mol. The quantitative estimate of drug-likeness (QED) is 0.738. The maximum Gasteiger partial charge on any atom is 0.525 e. The molecule has 0 amide bonds. The van der Waals surface area contributed by atoms with Crippen molar-refractivity contribution >= 4 is 24.3 Å². The van der Waals surface area contributed by atoms with Gasteiger partial charge >= 0.3 is 7.12 Å². The summed E-state index contributed by atoms with van der Waals surface area (Å²) in [6.45, 7) is 9.29. The van der Waals surface area contributed by atoms with E-state index in [0.717, 1.165) is 5.56 Å². The van der Waals surface area contributed by atoms with Crippen molar-refractivity contribution in [3.8, 4) is 0 Å². The van der Waals surface area contributed by atoms with Gasteiger partial charge in [0, 0.05) is 5.02 Å². The molecule has 0 atom stereocenters. The average Bonchev–Trinajstić information content (AvgIpc) is 2.56. The first-order valence-corrected chi connectivity index (χ1v) is 7.00. The van der Waals surface area contributed by atoms with Gasteiger partial charge in [-0.3, -0.25) is 0 Å². The fourth-order valence-electron chi connectivity index (χ4n) is 1.98. The van der Waals surface area contributed by atoms with Crippen LogP contribution in [0, 0.1) is 0 Å². The van der Waals surface area contributed by atoms with E-state index in [1.807, 2.05) is 33.8 Å². The van der Waals surface area contributed by atoms with Crippen LogP contribution in [0.25, 0.3) is 5.57 Å². The Bertz CT molecular complexity index is 539. The van der Waals surface area contributed by atoms with Gasteiger partial charge in [-0.15, -0.1) is 0 Å². The molecule has 0 aliphatic carbocycles. The molecule has 1 aromatic carbocycles. The zero-order chi connectivity index (χ0) is 15.1. The molecule has 0 saturated carbocycles. The first-order valence-electron chi connectivity index (χ1n) is 6.62. The maximum absolute atomic E-state index is 14.6. The van der Waals surface area contributed by atoms with Gasteiger partial charge in [0.15, 0.2) is 0 Å². The first-order chi connectivity index (χ1) is 9.14. The van der Waals surface area contributed by atoms with Crippen LogP contribution in [0.4, 0.5) is 4.39 Å². The van der Waals surface area contributed by atoms with Gasteiger partial charge in [-0.2, -0.15) is 0 Å². The number of hydrogen-bond donors (Lipinski definition) is 0. The van der Waals surface area contributed by atoms with Crippen LogP contribution in [0.2, 0.25) is 5.02 Å². The van der Waals surface area contributed by atoms with Gasteiger partial charge in [0.25, 0.3) is 0 Å². The lowest BCUT2D eigenvalue weighted by Crippen LogP contribution is -2.41. The van der Waals surface area contributed by atoms with Gasteiger partial charge in [-0.25, -0.2) is 4.39 Å². The molecular weight excluding hydrogens is 277 g/mol. The zero-order valence-corrected chi connectivity index (χ0v) is 13.2. The highest BCUT2D eigenvalue weighted by molar-refractivity contribution is 6.55. The minimum Gasteiger partial charge on any atom is -0.398 e. The second-order valence-corrected chi connectivity index (χ2v) is 6.51. The number of halogens is 2. The summed E-state index contributed by atoms with van der Waals surface area (Å²) in [6.07, 6.45) is 0. The van der Waals surface area contributed by atoms with Crippen LogP contribution in [0.3, 0.4) is 0 Å². The standard InChI is InChI=1S/C15H19BClFO2/c1-10(11-7-6-8-12(17)9-11)13(18)16-19-14(2,3)15(4,5)20-16/h6-9H,1-5H3. The predicted octanol–water partition coefficient (Wildman–Crippen LogP) is 4.67. The number of rotatable bonds is 2. The largest absolute Gasteiger partial charge is 0.525 e. The Morgan fingerprint density at radius 2 is 1.70 bits per heavy atom. The highest BCUT2D eigenvalue weighted by Gasteiger charge is 2.53. The Hall–Kier alpha value is -0.835. The normalized spacial score (nSPS) is 21.9. The Labute approximate surface area is 125 Å². The summed E-state index contributed by atoms with van der Waals surface area (Å²) in [5, 5.41) is 0.573. The summed E-state index contributed by atoms with van der Waals surface area (Å²) in [4.78, 5) is 0. The molecule has 1 heterocycles. The van der Waals surface area contributed by atoms with Crippen LogP contribution >= 0.6 is 11.6 Å². The van der Waals surface area contributed by atoms with Crippen molar-refractivity contribution in [1.82, 2.24) is 0 Å². The van der Waals surface area contributed by atoms with E-state index in [1.165, 1.54) is 0 Å². The molecule has 1 saturated heterocycles.